The summed E-state index contributed by atoms with van der Waals surface area (Å²) < 4.78 is 13.5. The minimum Gasteiger partial charge on any atom is -0.486 e. The summed E-state index contributed by atoms with van der Waals surface area (Å²) in [5.74, 6) is 1.46. The van der Waals surface area contributed by atoms with Gasteiger partial charge in [-0.1, -0.05) is 37.3 Å². The first kappa shape index (κ1) is 20.1. The Balaban J connectivity index is 1.49. The van der Waals surface area contributed by atoms with Crippen molar-refractivity contribution in [2.45, 2.75) is 36.7 Å². The molecule has 2 aliphatic rings. The van der Waals surface area contributed by atoms with Crippen LogP contribution in [-0.4, -0.2) is 53.8 Å². The van der Waals surface area contributed by atoms with E-state index in [1.165, 1.54) is 0 Å². The molecule has 2 aliphatic heterocycles. The van der Waals surface area contributed by atoms with E-state index in [9.17, 15) is 9.90 Å². The smallest absolute Gasteiger partial charge is 0.238 e. The monoisotopic (exact) mass is 414 g/mol. The molecule has 2 atom stereocenters. The SMILES string of the molecule is CCN1Sc2cc3c(cc2CC1C(=O)N[C@H](CO)Cc1ccccc1)OCCO3. The Morgan fingerprint density at radius 2 is 1.97 bits per heavy atom. The van der Waals surface area contributed by atoms with Crippen molar-refractivity contribution < 1.29 is 19.4 Å². The number of carbonyl (C=O) groups excluding carboxylic acids is 1. The maximum Gasteiger partial charge on any atom is 0.238 e. The third-order valence-electron chi connectivity index (χ3n) is 5.21. The Morgan fingerprint density at radius 3 is 2.66 bits per heavy atom. The van der Waals surface area contributed by atoms with E-state index in [0.717, 1.165) is 34.1 Å². The van der Waals surface area contributed by atoms with Gasteiger partial charge in [-0.25, -0.2) is 4.31 Å². The quantitative estimate of drug-likeness (QED) is 0.708. The standard InChI is InChI=1S/C22H26N2O4S/c1-2-24-18(22(26)23-17(14-25)10-15-6-4-3-5-7-15)11-16-12-19-20(13-21(16)29-24)28-9-8-27-19/h3-7,12-13,17-18,25H,2,8-11,14H2,1H3,(H,23,26)/t17-,18?/m0/s1. The third kappa shape index (κ3) is 4.52. The zero-order chi connectivity index (χ0) is 20.2. The summed E-state index contributed by atoms with van der Waals surface area (Å²) in [7, 11) is 0. The van der Waals surface area contributed by atoms with Gasteiger partial charge in [0, 0.05) is 11.4 Å². The van der Waals surface area contributed by atoms with Gasteiger partial charge in [0.25, 0.3) is 0 Å². The molecule has 2 aromatic rings. The van der Waals surface area contributed by atoms with Gasteiger partial charge < -0.3 is 19.9 Å². The fourth-order valence-electron chi connectivity index (χ4n) is 3.72. The van der Waals surface area contributed by atoms with Crippen LogP contribution >= 0.6 is 11.9 Å². The van der Waals surface area contributed by atoms with Crippen molar-refractivity contribution in [3.63, 3.8) is 0 Å². The maximum atomic E-state index is 13.1. The van der Waals surface area contributed by atoms with Crippen LogP contribution in [0.1, 0.15) is 18.1 Å². The highest BCUT2D eigenvalue weighted by atomic mass is 32.2. The Morgan fingerprint density at radius 1 is 1.24 bits per heavy atom. The third-order valence-corrected chi connectivity index (χ3v) is 6.53. The van der Waals surface area contributed by atoms with Gasteiger partial charge >= 0.3 is 0 Å². The lowest BCUT2D eigenvalue weighted by Gasteiger charge is -2.35. The van der Waals surface area contributed by atoms with E-state index in [2.05, 4.69) is 9.62 Å². The second-order valence-electron chi connectivity index (χ2n) is 7.23. The molecule has 6 nitrogen and oxygen atoms in total. The molecule has 0 saturated heterocycles. The Labute approximate surface area is 175 Å². The van der Waals surface area contributed by atoms with Gasteiger partial charge in [0.15, 0.2) is 11.5 Å². The van der Waals surface area contributed by atoms with Gasteiger partial charge in [-0.2, -0.15) is 0 Å². The average molecular weight is 415 g/mol. The molecule has 0 saturated carbocycles. The van der Waals surface area contributed by atoms with Gasteiger partial charge in [0.2, 0.25) is 5.91 Å². The van der Waals surface area contributed by atoms with Crippen LogP contribution in [0, 0.1) is 0 Å². The molecule has 0 radical (unpaired) electrons. The zero-order valence-electron chi connectivity index (χ0n) is 16.5. The summed E-state index contributed by atoms with van der Waals surface area (Å²) in [6.07, 6.45) is 1.20. The normalized spacial score (nSPS) is 19.3. The minimum atomic E-state index is -0.310. The topological polar surface area (TPSA) is 71.0 Å². The van der Waals surface area contributed by atoms with Crippen molar-refractivity contribution >= 4 is 17.9 Å². The van der Waals surface area contributed by atoms with Gasteiger partial charge in [-0.15, -0.1) is 0 Å². The molecule has 0 aliphatic carbocycles. The highest BCUT2D eigenvalue weighted by molar-refractivity contribution is 7.97. The van der Waals surface area contributed by atoms with Crippen molar-refractivity contribution in [3.8, 4) is 11.5 Å². The predicted molar refractivity (Wildman–Crippen MR) is 112 cm³/mol. The molecule has 2 aromatic carbocycles. The summed E-state index contributed by atoms with van der Waals surface area (Å²) >= 11 is 1.58. The lowest BCUT2D eigenvalue weighted by atomic mass is 10.0. The van der Waals surface area contributed by atoms with E-state index in [4.69, 9.17) is 9.47 Å². The van der Waals surface area contributed by atoms with Crippen LogP contribution in [0.4, 0.5) is 0 Å². The number of benzene rings is 2. The van der Waals surface area contributed by atoms with Crippen molar-refractivity contribution in [2.75, 3.05) is 26.4 Å². The summed E-state index contributed by atoms with van der Waals surface area (Å²) in [6, 6.07) is 13.3. The second-order valence-corrected chi connectivity index (χ2v) is 8.32. The number of aliphatic hydroxyl groups excluding tert-OH is 1. The Kier molecular flexibility index (Phi) is 6.28. The van der Waals surface area contributed by atoms with Crippen LogP contribution in [0.25, 0.3) is 0 Å². The van der Waals surface area contributed by atoms with E-state index in [1.54, 1.807) is 11.9 Å². The number of hydrogen-bond acceptors (Lipinski definition) is 6. The number of nitrogens with one attached hydrogen (secondary N) is 1. The van der Waals surface area contributed by atoms with Crippen LogP contribution in [0.15, 0.2) is 47.4 Å². The Bertz CT molecular complexity index is 861. The molecule has 0 fully saturated rings. The summed E-state index contributed by atoms with van der Waals surface area (Å²) in [5, 5.41) is 12.8. The molecule has 1 unspecified atom stereocenters. The highest BCUT2D eigenvalue weighted by Gasteiger charge is 2.34. The van der Waals surface area contributed by atoms with Gasteiger partial charge in [-0.05, 0) is 48.0 Å². The maximum absolute atomic E-state index is 13.1. The highest BCUT2D eigenvalue weighted by Crippen LogP contribution is 2.42. The van der Waals surface area contributed by atoms with Gasteiger partial charge in [-0.3, -0.25) is 4.79 Å². The van der Waals surface area contributed by atoms with Crippen LogP contribution in [0.3, 0.4) is 0 Å². The van der Waals surface area contributed by atoms with Gasteiger partial charge in [0.1, 0.15) is 19.3 Å². The number of amides is 1. The van der Waals surface area contributed by atoms with Gasteiger partial charge in [0.05, 0.1) is 12.6 Å². The number of fused-ring (bicyclic) bond motifs is 2. The molecule has 154 valence electrons. The van der Waals surface area contributed by atoms with E-state index in [-0.39, 0.29) is 24.6 Å². The molecular formula is C22H26N2O4S. The molecule has 2 heterocycles. The molecule has 2 N–H and O–H groups in total. The lowest BCUT2D eigenvalue weighted by molar-refractivity contribution is -0.125. The molecule has 29 heavy (non-hydrogen) atoms. The van der Waals surface area contributed by atoms with Crippen LogP contribution in [0.5, 0.6) is 11.5 Å². The fourth-order valence-corrected chi connectivity index (χ4v) is 4.82. The van der Waals surface area contributed by atoms with E-state index in [1.807, 2.05) is 49.4 Å². The molecule has 7 heteroatoms. The summed E-state index contributed by atoms with van der Waals surface area (Å²) in [5.41, 5.74) is 2.18. The number of carbonyl (C=O) groups is 1. The van der Waals surface area contributed by atoms with Crippen LogP contribution in [-0.2, 0) is 17.6 Å². The first-order valence-electron chi connectivity index (χ1n) is 10.00. The van der Waals surface area contributed by atoms with Crippen LogP contribution < -0.4 is 14.8 Å². The van der Waals surface area contributed by atoms with E-state index in [0.29, 0.717) is 26.1 Å². The first-order valence-corrected chi connectivity index (χ1v) is 10.8. The molecule has 1 amide bonds. The lowest BCUT2D eigenvalue weighted by Crippen LogP contribution is -2.51. The summed E-state index contributed by atoms with van der Waals surface area (Å²) in [4.78, 5) is 14.2. The fraction of sp³-hybridized carbons (Fsp3) is 0.409. The largest absolute Gasteiger partial charge is 0.486 e. The molecule has 0 aromatic heterocycles. The number of aliphatic hydroxyl groups is 1. The number of rotatable bonds is 6. The molecule has 0 bridgehead atoms. The number of hydrogen-bond donors (Lipinski definition) is 2. The number of ether oxygens (including phenoxy) is 2. The zero-order valence-corrected chi connectivity index (χ0v) is 17.3. The number of likely N-dealkylation sites (N-methyl/N-ethyl adjacent to an activating group) is 1. The van der Waals surface area contributed by atoms with Crippen molar-refractivity contribution in [1.82, 2.24) is 9.62 Å². The minimum absolute atomic E-state index is 0.0603. The molecule has 4 rings (SSSR count). The first-order chi connectivity index (χ1) is 14.2. The second kappa shape index (κ2) is 9.07. The average Bonchev–Trinajstić information content (AvgIpc) is 2.76. The van der Waals surface area contributed by atoms with Crippen LogP contribution in [0.2, 0.25) is 0 Å². The van der Waals surface area contributed by atoms with Crippen molar-refractivity contribution in [3.05, 3.63) is 53.6 Å². The van der Waals surface area contributed by atoms with Crippen molar-refractivity contribution in [1.29, 1.82) is 0 Å². The molecular weight excluding hydrogens is 388 g/mol. The molecule has 0 spiro atoms. The number of nitrogens with zero attached hydrogens (tertiary/aromatic N) is 1. The Hall–Kier alpha value is -2.22. The summed E-state index contributed by atoms with van der Waals surface area (Å²) in [6.45, 7) is 3.79. The van der Waals surface area contributed by atoms with E-state index < -0.39 is 0 Å². The predicted octanol–water partition coefficient (Wildman–Crippen LogP) is 2.43. The van der Waals surface area contributed by atoms with Crippen molar-refractivity contribution in [2.24, 2.45) is 0 Å². The van der Waals surface area contributed by atoms with E-state index >= 15 is 0 Å².